The molecule has 1 amide bonds. The van der Waals surface area contributed by atoms with E-state index in [2.05, 4.69) is 5.32 Å². The average molecular weight is 426 g/mol. The van der Waals surface area contributed by atoms with Crippen molar-refractivity contribution in [3.63, 3.8) is 0 Å². The van der Waals surface area contributed by atoms with Crippen LogP contribution >= 0.6 is 11.8 Å². The molecule has 2 aromatic carbocycles. The van der Waals surface area contributed by atoms with E-state index in [1.54, 1.807) is 11.8 Å². The van der Waals surface area contributed by atoms with E-state index in [0.29, 0.717) is 12.3 Å². The molecule has 0 fully saturated rings. The van der Waals surface area contributed by atoms with Gasteiger partial charge in [-0.1, -0.05) is 42.5 Å². The summed E-state index contributed by atoms with van der Waals surface area (Å²) in [6.45, 7) is -0.103. The molecule has 28 heavy (non-hydrogen) atoms. The Bertz CT molecular complexity index is 877. The van der Waals surface area contributed by atoms with Crippen LogP contribution in [-0.4, -0.2) is 51.6 Å². The van der Waals surface area contributed by atoms with Crippen LogP contribution in [0.15, 0.2) is 54.6 Å². The lowest BCUT2D eigenvalue weighted by molar-refractivity contribution is -0.119. The molecule has 0 aliphatic rings. The predicted octanol–water partition coefficient (Wildman–Crippen LogP) is 2.49. The highest BCUT2D eigenvalue weighted by atomic mass is 32.2. The lowest BCUT2D eigenvalue weighted by Crippen LogP contribution is -2.46. The SMILES string of the molecule is CN(C)S(=O)(=O)N(CC(=O)NCCSCc1ccccc1)c1ccccc1F. The molecule has 0 spiro atoms. The van der Waals surface area contributed by atoms with Crippen molar-refractivity contribution in [2.24, 2.45) is 0 Å². The average Bonchev–Trinajstić information content (AvgIpc) is 2.67. The van der Waals surface area contributed by atoms with Crippen molar-refractivity contribution in [2.45, 2.75) is 5.75 Å². The molecule has 0 aliphatic heterocycles. The third-order valence-corrected chi connectivity index (χ3v) is 6.66. The van der Waals surface area contributed by atoms with E-state index in [-0.39, 0.29) is 5.69 Å². The Morgan fingerprint density at radius 2 is 1.71 bits per heavy atom. The fraction of sp³-hybridized carbons (Fsp3) is 0.316. The van der Waals surface area contributed by atoms with Crippen molar-refractivity contribution in [3.05, 3.63) is 66.0 Å². The number of nitrogens with one attached hydrogen (secondary N) is 1. The summed E-state index contributed by atoms with van der Waals surface area (Å²) in [5.74, 6) is 0.307. The smallest absolute Gasteiger partial charge is 0.304 e. The Labute approximate surface area is 169 Å². The van der Waals surface area contributed by atoms with Crippen LogP contribution in [0.5, 0.6) is 0 Å². The summed E-state index contributed by atoms with van der Waals surface area (Å²) < 4.78 is 41.0. The summed E-state index contributed by atoms with van der Waals surface area (Å²) in [4.78, 5) is 12.3. The lowest BCUT2D eigenvalue weighted by atomic mass is 10.2. The van der Waals surface area contributed by atoms with E-state index in [4.69, 9.17) is 0 Å². The Kier molecular flexibility index (Phi) is 8.28. The van der Waals surface area contributed by atoms with Gasteiger partial charge in [0.15, 0.2) is 0 Å². The van der Waals surface area contributed by atoms with Gasteiger partial charge >= 0.3 is 10.2 Å². The zero-order valence-corrected chi connectivity index (χ0v) is 17.5. The normalized spacial score (nSPS) is 11.4. The highest BCUT2D eigenvalue weighted by Gasteiger charge is 2.29. The summed E-state index contributed by atoms with van der Waals surface area (Å²) in [7, 11) is -1.35. The second-order valence-corrected chi connectivity index (χ2v) is 9.31. The molecule has 9 heteroatoms. The summed E-state index contributed by atoms with van der Waals surface area (Å²) in [5, 5.41) is 2.69. The number of nitrogens with zero attached hydrogens (tertiary/aromatic N) is 2. The van der Waals surface area contributed by atoms with Gasteiger partial charge in [-0.2, -0.15) is 24.5 Å². The molecule has 0 aliphatic carbocycles. The first-order chi connectivity index (χ1) is 13.3. The first kappa shape index (κ1) is 22.2. The van der Waals surface area contributed by atoms with Gasteiger partial charge < -0.3 is 5.32 Å². The molecule has 1 N–H and O–H groups in total. The van der Waals surface area contributed by atoms with Crippen molar-refractivity contribution in [1.82, 2.24) is 9.62 Å². The first-order valence-electron chi connectivity index (χ1n) is 8.65. The number of hydrogen-bond donors (Lipinski definition) is 1. The maximum absolute atomic E-state index is 14.1. The van der Waals surface area contributed by atoms with Gasteiger partial charge in [0.05, 0.1) is 5.69 Å². The van der Waals surface area contributed by atoms with Crippen LogP contribution in [0.1, 0.15) is 5.56 Å². The summed E-state index contributed by atoms with van der Waals surface area (Å²) in [6.07, 6.45) is 0. The molecule has 2 rings (SSSR count). The molecule has 6 nitrogen and oxygen atoms in total. The van der Waals surface area contributed by atoms with Gasteiger partial charge in [0.1, 0.15) is 12.4 Å². The number of carbonyl (C=O) groups is 1. The molecule has 0 saturated carbocycles. The highest BCUT2D eigenvalue weighted by Crippen LogP contribution is 2.22. The number of para-hydroxylation sites is 1. The molecule has 0 saturated heterocycles. The molecule has 2 aromatic rings. The summed E-state index contributed by atoms with van der Waals surface area (Å²) in [5.41, 5.74) is 1.03. The van der Waals surface area contributed by atoms with E-state index in [1.165, 1.54) is 37.9 Å². The molecule has 0 unspecified atom stereocenters. The van der Waals surface area contributed by atoms with Gasteiger partial charge in [-0.25, -0.2) is 8.70 Å². The van der Waals surface area contributed by atoms with Gasteiger partial charge in [0, 0.05) is 32.1 Å². The Morgan fingerprint density at radius 1 is 1.07 bits per heavy atom. The summed E-state index contributed by atoms with van der Waals surface area (Å²) >= 11 is 1.66. The lowest BCUT2D eigenvalue weighted by Gasteiger charge is -2.27. The van der Waals surface area contributed by atoms with E-state index in [1.807, 2.05) is 30.3 Å². The number of carbonyl (C=O) groups excluding carboxylic acids is 1. The van der Waals surface area contributed by atoms with Crippen LogP contribution in [0, 0.1) is 5.82 Å². The molecule has 0 heterocycles. The predicted molar refractivity (Wildman–Crippen MR) is 112 cm³/mol. The fourth-order valence-electron chi connectivity index (χ4n) is 2.36. The van der Waals surface area contributed by atoms with Crippen molar-refractivity contribution in [2.75, 3.05) is 37.2 Å². The van der Waals surface area contributed by atoms with Crippen molar-refractivity contribution >= 4 is 33.6 Å². The molecule has 0 atom stereocenters. The standard InChI is InChI=1S/C19H24FN3O3S2/c1-22(2)28(25,26)23(18-11-7-6-10-17(18)20)14-19(24)21-12-13-27-15-16-8-4-3-5-9-16/h3-11H,12-15H2,1-2H3,(H,21,24). The Balaban J connectivity index is 1.93. The number of benzene rings is 2. The summed E-state index contributed by atoms with van der Waals surface area (Å²) in [6, 6.07) is 15.4. The number of amides is 1. The second-order valence-electron chi connectivity index (χ2n) is 6.14. The van der Waals surface area contributed by atoms with Crippen LogP contribution in [0.2, 0.25) is 0 Å². The number of thioether (sulfide) groups is 1. The molecule has 152 valence electrons. The largest absolute Gasteiger partial charge is 0.354 e. The van der Waals surface area contributed by atoms with Crippen molar-refractivity contribution in [1.29, 1.82) is 0 Å². The van der Waals surface area contributed by atoms with Gasteiger partial charge in [0.25, 0.3) is 0 Å². The zero-order valence-electron chi connectivity index (χ0n) is 15.8. The minimum atomic E-state index is -4.02. The monoisotopic (exact) mass is 425 g/mol. The van der Waals surface area contributed by atoms with Crippen LogP contribution in [0.25, 0.3) is 0 Å². The maximum Gasteiger partial charge on any atom is 0.304 e. The molecule has 0 aromatic heterocycles. The third-order valence-electron chi connectivity index (χ3n) is 3.83. The number of rotatable bonds is 10. The van der Waals surface area contributed by atoms with Crippen LogP contribution in [0.3, 0.4) is 0 Å². The molecular weight excluding hydrogens is 401 g/mol. The minimum absolute atomic E-state index is 0.162. The van der Waals surface area contributed by atoms with Gasteiger partial charge in [-0.05, 0) is 17.7 Å². The van der Waals surface area contributed by atoms with Gasteiger partial charge in [-0.15, -0.1) is 0 Å². The second kappa shape index (κ2) is 10.4. The van der Waals surface area contributed by atoms with E-state index in [9.17, 15) is 17.6 Å². The topological polar surface area (TPSA) is 69.7 Å². The third kappa shape index (κ3) is 6.22. The zero-order chi connectivity index (χ0) is 20.6. The Hall–Kier alpha value is -2.10. The molecule has 0 bridgehead atoms. The number of hydrogen-bond acceptors (Lipinski definition) is 4. The van der Waals surface area contributed by atoms with Gasteiger partial charge in [-0.3, -0.25) is 4.79 Å². The maximum atomic E-state index is 14.1. The van der Waals surface area contributed by atoms with Crippen LogP contribution < -0.4 is 9.62 Å². The van der Waals surface area contributed by atoms with Crippen molar-refractivity contribution < 1.29 is 17.6 Å². The fourth-order valence-corrected chi connectivity index (χ4v) is 4.25. The quantitative estimate of drug-likeness (QED) is 0.594. The van der Waals surface area contributed by atoms with E-state index >= 15 is 0 Å². The van der Waals surface area contributed by atoms with Crippen LogP contribution in [0.4, 0.5) is 10.1 Å². The van der Waals surface area contributed by atoms with E-state index in [0.717, 1.165) is 20.4 Å². The molecular formula is C19H24FN3O3S2. The first-order valence-corrected chi connectivity index (χ1v) is 11.2. The molecule has 0 radical (unpaired) electrons. The van der Waals surface area contributed by atoms with Gasteiger partial charge in [0.2, 0.25) is 5.91 Å². The van der Waals surface area contributed by atoms with E-state index < -0.39 is 28.5 Å². The highest BCUT2D eigenvalue weighted by molar-refractivity contribution is 7.98. The number of halogens is 1. The van der Waals surface area contributed by atoms with Crippen molar-refractivity contribution in [3.8, 4) is 0 Å². The number of anilines is 1. The minimum Gasteiger partial charge on any atom is -0.354 e. The Morgan fingerprint density at radius 3 is 2.36 bits per heavy atom. The van der Waals surface area contributed by atoms with Crippen LogP contribution in [-0.2, 0) is 20.8 Å².